The first kappa shape index (κ1) is 21.7. The summed E-state index contributed by atoms with van der Waals surface area (Å²) in [7, 11) is 0. The Kier molecular flexibility index (Phi) is 7.14. The molecule has 2 aromatic rings. The molecule has 3 aliphatic heterocycles. The van der Waals surface area contributed by atoms with Crippen LogP contribution in [0.5, 0.6) is 5.75 Å². The van der Waals surface area contributed by atoms with Crippen LogP contribution >= 0.6 is 0 Å². The molecule has 166 valence electrons. The standard InChI is InChI=1S/C24H32N4O3/c29-18-24-8-3-4-12-28(23(30)21-7-11-25-19-26-21)15-16-31-22-6-2-1-5-20(22)17-27(13-9-24)14-10-24/h1-2,5-7,11,19,29H,3-4,8-10,12-18H2. The van der Waals surface area contributed by atoms with Crippen molar-refractivity contribution in [3.8, 4) is 5.75 Å². The van der Waals surface area contributed by atoms with Gasteiger partial charge in [0, 0.05) is 31.5 Å². The average Bonchev–Trinajstić information content (AvgIpc) is 2.83. The molecule has 31 heavy (non-hydrogen) atoms. The zero-order chi connectivity index (χ0) is 21.5. The van der Waals surface area contributed by atoms with E-state index in [1.54, 1.807) is 12.3 Å². The first-order valence-corrected chi connectivity index (χ1v) is 11.3. The van der Waals surface area contributed by atoms with Crippen molar-refractivity contribution in [2.75, 3.05) is 39.4 Å². The number of aromatic nitrogens is 2. The van der Waals surface area contributed by atoms with Gasteiger partial charge in [0.15, 0.2) is 0 Å². The van der Waals surface area contributed by atoms with E-state index in [0.29, 0.717) is 25.4 Å². The fraction of sp³-hybridized carbons (Fsp3) is 0.542. The van der Waals surface area contributed by atoms with Crippen molar-refractivity contribution >= 4 is 5.91 Å². The topological polar surface area (TPSA) is 78.8 Å². The third-order valence-corrected chi connectivity index (χ3v) is 6.71. The minimum atomic E-state index is -0.0903. The van der Waals surface area contributed by atoms with Crippen LogP contribution < -0.4 is 4.74 Å². The second-order valence-corrected chi connectivity index (χ2v) is 8.73. The summed E-state index contributed by atoms with van der Waals surface area (Å²) >= 11 is 0. The monoisotopic (exact) mass is 424 g/mol. The number of hydrogen-bond acceptors (Lipinski definition) is 6. The lowest BCUT2D eigenvalue weighted by atomic mass is 9.75. The number of benzene rings is 1. The van der Waals surface area contributed by atoms with Gasteiger partial charge in [-0.3, -0.25) is 9.69 Å². The lowest BCUT2D eigenvalue weighted by Crippen LogP contribution is -2.41. The van der Waals surface area contributed by atoms with Gasteiger partial charge in [-0.1, -0.05) is 24.6 Å². The Morgan fingerprint density at radius 3 is 2.68 bits per heavy atom. The van der Waals surface area contributed by atoms with Gasteiger partial charge in [0.1, 0.15) is 24.4 Å². The van der Waals surface area contributed by atoms with E-state index in [1.807, 2.05) is 23.1 Å². The molecule has 0 aliphatic carbocycles. The molecular weight excluding hydrogens is 392 g/mol. The Hall–Kier alpha value is -2.51. The van der Waals surface area contributed by atoms with E-state index in [0.717, 1.165) is 57.5 Å². The molecule has 1 saturated heterocycles. The highest BCUT2D eigenvalue weighted by atomic mass is 16.5. The third kappa shape index (κ3) is 5.40. The first-order chi connectivity index (χ1) is 15.2. The first-order valence-electron chi connectivity index (χ1n) is 11.3. The normalized spacial score (nSPS) is 25.1. The van der Waals surface area contributed by atoms with E-state index in [2.05, 4.69) is 20.9 Å². The van der Waals surface area contributed by atoms with E-state index >= 15 is 0 Å². The molecule has 1 fully saturated rings. The Morgan fingerprint density at radius 1 is 1.06 bits per heavy atom. The molecule has 1 amide bonds. The number of fused-ring (bicyclic) bond motifs is 9. The molecule has 7 heteroatoms. The van der Waals surface area contributed by atoms with Gasteiger partial charge in [-0.2, -0.15) is 0 Å². The van der Waals surface area contributed by atoms with Gasteiger partial charge in [-0.05, 0) is 56.3 Å². The number of piperidine rings is 1. The van der Waals surface area contributed by atoms with Crippen LogP contribution in [0.4, 0.5) is 0 Å². The summed E-state index contributed by atoms with van der Waals surface area (Å²) < 4.78 is 6.13. The number of amides is 1. The van der Waals surface area contributed by atoms with Crippen molar-refractivity contribution in [1.29, 1.82) is 0 Å². The summed E-state index contributed by atoms with van der Waals surface area (Å²) in [5.41, 5.74) is 1.59. The summed E-state index contributed by atoms with van der Waals surface area (Å²) in [5, 5.41) is 10.1. The molecule has 1 aromatic heterocycles. The largest absolute Gasteiger partial charge is 0.491 e. The molecule has 0 saturated carbocycles. The van der Waals surface area contributed by atoms with Crippen LogP contribution in [0.2, 0.25) is 0 Å². The van der Waals surface area contributed by atoms with Gasteiger partial charge in [0.2, 0.25) is 0 Å². The number of hydrogen-bond donors (Lipinski definition) is 1. The van der Waals surface area contributed by atoms with E-state index < -0.39 is 0 Å². The minimum Gasteiger partial charge on any atom is -0.491 e. The molecular formula is C24H32N4O3. The summed E-state index contributed by atoms with van der Waals surface area (Å²) in [5.74, 6) is 0.790. The predicted octanol–water partition coefficient (Wildman–Crippen LogP) is 2.76. The van der Waals surface area contributed by atoms with Crippen LogP contribution in [0, 0.1) is 5.41 Å². The number of carbonyl (C=O) groups is 1. The number of carbonyl (C=O) groups excluding carboxylic acids is 1. The van der Waals surface area contributed by atoms with Crippen LogP contribution in [-0.2, 0) is 6.54 Å². The van der Waals surface area contributed by atoms with Crippen molar-refractivity contribution in [2.45, 2.75) is 38.6 Å². The second-order valence-electron chi connectivity index (χ2n) is 8.73. The van der Waals surface area contributed by atoms with Crippen molar-refractivity contribution in [1.82, 2.24) is 19.8 Å². The Labute approximate surface area is 184 Å². The lowest BCUT2D eigenvalue weighted by molar-refractivity contribution is 0.0319. The fourth-order valence-corrected chi connectivity index (χ4v) is 4.65. The maximum absolute atomic E-state index is 13.0. The van der Waals surface area contributed by atoms with Gasteiger partial charge in [0.05, 0.1) is 6.54 Å². The van der Waals surface area contributed by atoms with Gasteiger partial charge in [-0.25, -0.2) is 9.97 Å². The van der Waals surface area contributed by atoms with E-state index in [4.69, 9.17) is 4.74 Å². The average molecular weight is 425 g/mol. The van der Waals surface area contributed by atoms with Crippen LogP contribution in [0.3, 0.4) is 0 Å². The van der Waals surface area contributed by atoms with Gasteiger partial charge < -0.3 is 14.7 Å². The highest BCUT2D eigenvalue weighted by molar-refractivity contribution is 5.92. The molecule has 4 heterocycles. The lowest BCUT2D eigenvalue weighted by Gasteiger charge is -2.41. The number of aliphatic hydroxyl groups is 1. The molecule has 0 unspecified atom stereocenters. The van der Waals surface area contributed by atoms with Crippen LogP contribution in [0.1, 0.15) is 48.2 Å². The highest BCUT2D eigenvalue weighted by Crippen LogP contribution is 2.37. The number of aliphatic hydroxyl groups excluding tert-OH is 1. The number of rotatable bonds is 2. The van der Waals surface area contributed by atoms with Gasteiger partial charge in [0.25, 0.3) is 5.91 Å². The molecule has 7 nitrogen and oxygen atoms in total. The zero-order valence-corrected chi connectivity index (χ0v) is 18.1. The Bertz CT molecular complexity index is 853. The smallest absolute Gasteiger partial charge is 0.272 e. The zero-order valence-electron chi connectivity index (χ0n) is 18.1. The van der Waals surface area contributed by atoms with Gasteiger partial charge in [-0.15, -0.1) is 0 Å². The maximum Gasteiger partial charge on any atom is 0.272 e. The molecule has 1 aromatic carbocycles. The SMILES string of the molecule is O=C(c1ccncn1)N1CCCCC2(CO)CCN(CC2)Cc2ccccc2OCC1. The molecule has 5 rings (SSSR count). The number of nitrogens with zero attached hydrogens (tertiary/aromatic N) is 4. The summed E-state index contributed by atoms with van der Waals surface area (Å²) in [6.07, 6.45) is 7.92. The predicted molar refractivity (Wildman–Crippen MR) is 118 cm³/mol. The second kappa shape index (κ2) is 10.2. The molecule has 0 atom stereocenters. The van der Waals surface area contributed by atoms with Crippen molar-refractivity contribution in [3.63, 3.8) is 0 Å². The van der Waals surface area contributed by atoms with E-state index in [9.17, 15) is 9.90 Å². The van der Waals surface area contributed by atoms with E-state index in [-0.39, 0.29) is 17.9 Å². The summed E-state index contributed by atoms with van der Waals surface area (Å²) in [4.78, 5) is 25.4. The molecule has 3 aliphatic rings. The van der Waals surface area contributed by atoms with Crippen molar-refractivity contribution in [2.24, 2.45) is 5.41 Å². The summed E-state index contributed by atoms with van der Waals surface area (Å²) in [6, 6.07) is 9.81. The number of ether oxygens (including phenoxy) is 1. The third-order valence-electron chi connectivity index (χ3n) is 6.71. The molecule has 1 N–H and O–H groups in total. The van der Waals surface area contributed by atoms with E-state index in [1.165, 1.54) is 11.9 Å². The number of para-hydroxylation sites is 1. The van der Waals surface area contributed by atoms with Crippen LogP contribution in [0.15, 0.2) is 42.9 Å². The Balaban J connectivity index is 1.53. The quantitative estimate of drug-likeness (QED) is 0.799. The maximum atomic E-state index is 13.0. The molecule has 0 radical (unpaired) electrons. The minimum absolute atomic E-state index is 0.00813. The Morgan fingerprint density at radius 2 is 1.90 bits per heavy atom. The van der Waals surface area contributed by atoms with Crippen molar-refractivity contribution < 1.29 is 14.6 Å². The summed E-state index contributed by atoms with van der Waals surface area (Å²) in [6.45, 7) is 4.67. The molecule has 0 spiro atoms. The fourth-order valence-electron chi connectivity index (χ4n) is 4.65. The highest BCUT2D eigenvalue weighted by Gasteiger charge is 2.34. The van der Waals surface area contributed by atoms with Crippen LogP contribution in [0.25, 0.3) is 0 Å². The molecule has 2 bridgehead atoms. The van der Waals surface area contributed by atoms with Gasteiger partial charge >= 0.3 is 0 Å². The van der Waals surface area contributed by atoms with Crippen molar-refractivity contribution in [3.05, 3.63) is 54.1 Å². The van der Waals surface area contributed by atoms with Crippen LogP contribution in [-0.4, -0.2) is 70.2 Å².